The molecule has 5 nitrogen and oxygen atoms in total. The zero-order valence-electron chi connectivity index (χ0n) is 24.1. The Morgan fingerprint density at radius 3 is 2.22 bits per heavy atom. The molecule has 0 saturated carbocycles. The fraction of sp³-hybridized carbons (Fsp3) is 0.424. The van der Waals surface area contributed by atoms with Crippen LogP contribution in [-0.2, 0) is 15.7 Å². The van der Waals surface area contributed by atoms with E-state index in [1.165, 1.54) is 17.7 Å². The van der Waals surface area contributed by atoms with Crippen molar-refractivity contribution >= 4 is 11.6 Å². The molecule has 0 atom stereocenters. The molecule has 1 amide bonds. The zero-order valence-corrected chi connectivity index (χ0v) is 24.1. The lowest BCUT2D eigenvalue weighted by atomic mass is 10.0. The molecule has 0 spiro atoms. The van der Waals surface area contributed by atoms with Crippen LogP contribution in [0.25, 0.3) is 0 Å². The third-order valence-corrected chi connectivity index (χ3v) is 7.29. The molecule has 0 aromatic heterocycles. The van der Waals surface area contributed by atoms with Crippen molar-refractivity contribution in [3.63, 3.8) is 0 Å². The molecule has 1 N–H and O–H groups in total. The number of anilines is 1. The maximum Gasteiger partial charge on any atom is 0.416 e. The quantitative estimate of drug-likeness (QED) is 0.178. The van der Waals surface area contributed by atoms with Crippen molar-refractivity contribution in [3.8, 4) is 0 Å². The number of hydrogen-bond acceptors (Lipinski definition) is 4. The summed E-state index contributed by atoms with van der Waals surface area (Å²) in [5.74, 6) is 0.369. The summed E-state index contributed by atoms with van der Waals surface area (Å²) in [5, 5.41) is 3.12. The predicted octanol–water partition coefficient (Wildman–Crippen LogP) is 6.98. The molecule has 41 heavy (non-hydrogen) atoms. The smallest absolute Gasteiger partial charge is 0.416 e. The standard InChI is InChI=1S/C33H42F3N3O2/c1-5-8-26(9-6-2)24-38-19-15-28(16-20-38)37-32(40)25(4)23-31(10-7-3)41-30-17-21-39(22-18-30)29-13-11-27(12-14-29)33(34,35)36/h5-14,23,28,30H,1,4,15-22,24H2,2-3H3,(H,37,40)/b9-6-,10-7-,26-8+,31-23+. The summed E-state index contributed by atoms with van der Waals surface area (Å²) in [4.78, 5) is 17.3. The van der Waals surface area contributed by atoms with Crippen LogP contribution in [0, 0.1) is 0 Å². The molecule has 0 aliphatic carbocycles. The third kappa shape index (κ3) is 10.1. The van der Waals surface area contributed by atoms with E-state index in [-0.39, 0.29) is 18.1 Å². The van der Waals surface area contributed by atoms with E-state index in [9.17, 15) is 18.0 Å². The first-order chi connectivity index (χ1) is 19.6. The molecule has 0 radical (unpaired) electrons. The zero-order chi connectivity index (χ0) is 29.8. The average molecular weight is 570 g/mol. The number of likely N-dealkylation sites (tertiary alicyclic amines) is 1. The molecule has 0 unspecified atom stereocenters. The third-order valence-electron chi connectivity index (χ3n) is 7.29. The molecule has 2 heterocycles. The first kappa shape index (κ1) is 32.0. The molecule has 2 aliphatic rings. The van der Waals surface area contributed by atoms with Crippen molar-refractivity contribution in [3.05, 3.63) is 102 Å². The summed E-state index contributed by atoms with van der Waals surface area (Å²) in [7, 11) is 0. The Morgan fingerprint density at radius 2 is 1.66 bits per heavy atom. The summed E-state index contributed by atoms with van der Waals surface area (Å²) in [6.07, 6.45) is 12.1. The van der Waals surface area contributed by atoms with Crippen LogP contribution in [0.2, 0.25) is 0 Å². The van der Waals surface area contributed by atoms with E-state index in [0.717, 1.165) is 50.3 Å². The summed E-state index contributed by atoms with van der Waals surface area (Å²) >= 11 is 0. The molecular formula is C33H42F3N3O2. The van der Waals surface area contributed by atoms with Crippen molar-refractivity contribution < 1.29 is 22.7 Å². The molecule has 8 heteroatoms. The van der Waals surface area contributed by atoms with Gasteiger partial charge in [0.15, 0.2) is 0 Å². The van der Waals surface area contributed by atoms with Crippen molar-refractivity contribution in [1.82, 2.24) is 10.2 Å². The highest BCUT2D eigenvalue weighted by Crippen LogP contribution is 2.31. The number of rotatable bonds is 11. The minimum atomic E-state index is -4.34. The van der Waals surface area contributed by atoms with Crippen molar-refractivity contribution in [2.24, 2.45) is 0 Å². The van der Waals surface area contributed by atoms with Gasteiger partial charge in [0.2, 0.25) is 0 Å². The van der Waals surface area contributed by atoms with Crippen LogP contribution < -0.4 is 10.2 Å². The van der Waals surface area contributed by atoms with E-state index < -0.39 is 11.7 Å². The van der Waals surface area contributed by atoms with E-state index in [4.69, 9.17) is 4.74 Å². The number of amides is 1. The predicted molar refractivity (Wildman–Crippen MR) is 160 cm³/mol. The van der Waals surface area contributed by atoms with Gasteiger partial charge in [-0.15, -0.1) is 0 Å². The average Bonchev–Trinajstić information content (AvgIpc) is 2.94. The number of carbonyl (C=O) groups is 1. The molecule has 2 fully saturated rings. The number of benzene rings is 1. The first-order valence-electron chi connectivity index (χ1n) is 14.2. The molecule has 3 rings (SSSR count). The number of nitrogens with zero attached hydrogens (tertiary/aromatic N) is 2. The van der Waals surface area contributed by atoms with Gasteiger partial charge in [-0.25, -0.2) is 0 Å². The van der Waals surface area contributed by atoms with Crippen LogP contribution in [0.1, 0.15) is 45.1 Å². The SMILES string of the molecule is C=C/C=C(\C=C/C)CN1CCC(NC(=O)C(=C)/C=C(\C=C/C)OC2CCN(c3ccc(C(F)(F)F)cc3)CC2)CC1. The lowest BCUT2D eigenvalue weighted by Gasteiger charge is -2.34. The minimum Gasteiger partial charge on any atom is -0.490 e. The topological polar surface area (TPSA) is 44.8 Å². The van der Waals surface area contributed by atoms with Crippen molar-refractivity contribution in [2.75, 3.05) is 37.6 Å². The van der Waals surface area contributed by atoms with Gasteiger partial charge in [-0.05, 0) is 68.7 Å². The van der Waals surface area contributed by atoms with Gasteiger partial charge >= 0.3 is 6.18 Å². The number of piperidine rings is 2. The Kier molecular flexibility index (Phi) is 12.1. The number of nitrogens with one attached hydrogen (secondary N) is 1. The summed E-state index contributed by atoms with van der Waals surface area (Å²) in [5.41, 5.74) is 1.67. The van der Waals surface area contributed by atoms with E-state index in [1.54, 1.807) is 12.2 Å². The van der Waals surface area contributed by atoms with Gasteiger partial charge in [0, 0.05) is 62.9 Å². The highest BCUT2D eigenvalue weighted by Gasteiger charge is 2.30. The fourth-order valence-electron chi connectivity index (χ4n) is 5.11. The summed E-state index contributed by atoms with van der Waals surface area (Å²) in [6.45, 7) is 15.6. The first-order valence-corrected chi connectivity index (χ1v) is 14.2. The number of carbonyl (C=O) groups excluding carboxylic acids is 1. The number of ether oxygens (including phenoxy) is 1. The van der Waals surface area contributed by atoms with Crippen LogP contribution in [0.5, 0.6) is 0 Å². The maximum absolute atomic E-state index is 12.9. The minimum absolute atomic E-state index is 0.0640. The molecule has 1 aromatic carbocycles. The Balaban J connectivity index is 1.48. The van der Waals surface area contributed by atoms with Crippen LogP contribution in [0.15, 0.2) is 96.9 Å². The molecule has 2 aliphatic heterocycles. The molecule has 222 valence electrons. The highest BCUT2D eigenvalue weighted by atomic mass is 19.4. The normalized spacial score (nSPS) is 18.7. The second kappa shape index (κ2) is 15.5. The summed E-state index contributed by atoms with van der Waals surface area (Å²) < 4.78 is 44.8. The number of hydrogen-bond donors (Lipinski definition) is 1. The number of alkyl halides is 3. The van der Waals surface area contributed by atoms with Gasteiger partial charge in [0.1, 0.15) is 11.9 Å². The van der Waals surface area contributed by atoms with Gasteiger partial charge in [0.05, 0.1) is 5.56 Å². The van der Waals surface area contributed by atoms with Crippen molar-refractivity contribution in [1.29, 1.82) is 0 Å². The van der Waals surface area contributed by atoms with Crippen molar-refractivity contribution in [2.45, 2.75) is 57.9 Å². The monoisotopic (exact) mass is 569 g/mol. The summed E-state index contributed by atoms with van der Waals surface area (Å²) in [6, 6.07) is 5.37. The van der Waals surface area contributed by atoms with Crippen LogP contribution in [0.3, 0.4) is 0 Å². The van der Waals surface area contributed by atoms with Gasteiger partial charge in [-0.2, -0.15) is 13.2 Å². The number of halogens is 3. The Morgan fingerprint density at radius 1 is 1.02 bits per heavy atom. The van der Waals surface area contributed by atoms with E-state index in [1.807, 2.05) is 38.2 Å². The number of allylic oxidation sites excluding steroid dienone is 5. The lowest BCUT2D eigenvalue weighted by Crippen LogP contribution is -2.45. The lowest BCUT2D eigenvalue weighted by molar-refractivity contribution is -0.137. The Labute approximate surface area is 242 Å². The van der Waals surface area contributed by atoms with Crippen LogP contribution >= 0.6 is 0 Å². The molecule has 2 saturated heterocycles. The van der Waals surface area contributed by atoms with Gasteiger partial charge in [-0.3, -0.25) is 9.69 Å². The highest BCUT2D eigenvalue weighted by molar-refractivity contribution is 5.95. The van der Waals surface area contributed by atoms with Gasteiger partial charge in [0.25, 0.3) is 5.91 Å². The Bertz CT molecular complexity index is 1150. The van der Waals surface area contributed by atoms with E-state index >= 15 is 0 Å². The van der Waals surface area contributed by atoms with E-state index in [0.29, 0.717) is 37.3 Å². The molecule has 0 bridgehead atoms. The molecule has 1 aromatic rings. The second-order valence-electron chi connectivity index (χ2n) is 10.4. The fourth-order valence-corrected chi connectivity index (χ4v) is 5.11. The van der Waals surface area contributed by atoms with Gasteiger partial charge < -0.3 is 15.0 Å². The Hall–Kier alpha value is -3.52. The second-order valence-corrected chi connectivity index (χ2v) is 10.4. The van der Waals surface area contributed by atoms with Gasteiger partial charge in [-0.1, -0.05) is 43.5 Å². The maximum atomic E-state index is 12.9. The largest absolute Gasteiger partial charge is 0.490 e. The van der Waals surface area contributed by atoms with Crippen LogP contribution in [0.4, 0.5) is 18.9 Å². The van der Waals surface area contributed by atoms with E-state index in [2.05, 4.69) is 34.4 Å². The van der Waals surface area contributed by atoms with Crippen LogP contribution in [-0.4, -0.2) is 55.7 Å². The molecular weight excluding hydrogens is 527 g/mol.